The maximum absolute atomic E-state index is 11.0. The van der Waals surface area contributed by atoms with Crippen molar-refractivity contribution in [1.82, 2.24) is 4.98 Å². The number of anilines is 2. The van der Waals surface area contributed by atoms with E-state index in [-0.39, 0.29) is 5.56 Å². The first-order valence-electron chi connectivity index (χ1n) is 7.28. The minimum Gasteiger partial charge on any atom is -0.496 e. The van der Waals surface area contributed by atoms with Gasteiger partial charge < -0.3 is 15.2 Å². The van der Waals surface area contributed by atoms with Crippen LogP contribution >= 0.6 is 11.3 Å². The summed E-state index contributed by atoms with van der Waals surface area (Å²) in [5, 5.41) is 14.9. The molecule has 122 valence electrons. The predicted molar refractivity (Wildman–Crippen MR) is 95.5 cm³/mol. The highest BCUT2D eigenvalue weighted by Crippen LogP contribution is 2.30. The number of nitrogens with one attached hydrogen (secondary N) is 1. The molecule has 24 heavy (non-hydrogen) atoms. The van der Waals surface area contributed by atoms with Gasteiger partial charge in [-0.25, -0.2) is 9.78 Å². The van der Waals surface area contributed by atoms with Crippen LogP contribution in [-0.2, 0) is 0 Å². The third-order valence-electron chi connectivity index (χ3n) is 3.56. The van der Waals surface area contributed by atoms with Crippen LogP contribution in [0, 0.1) is 6.92 Å². The topological polar surface area (TPSA) is 71.5 Å². The van der Waals surface area contributed by atoms with Crippen molar-refractivity contribution < 1.29 is 14.6 Å². The fourth-order valence-corrected chi connectivity index (χ4v) is 3.09. The van der Waals surface area contributed by atoms with Gasteiger partial charge in [-0.2, -0.15) is 0 Å². The number of rotatable bonds is 5. The van der Waals surface area contributed by atoms with Crippen LogP contribution in [-0.4, -0.2) is 23.2 Å². The Morgan fingerprint density at radius 1 is 1.25 bits per heavy atom. The fraction of sp³-hybridized carbons (Fsp3) is 0.111. The number of nitrogens with zero attached hydrogens (tertiary/aromatic N) is 1. The predicted octanol–water partition coefficient (Wildman–Crippen LogP) is 4.57. The minimum atomic E-state index is -0.952. The van der Waals surface area contributed by atoms with Crippen molar-refractivity contribution >= 4 is 28.1 Å². The maximum Gasteiger partial charge on any atom is 0.335 e. The average molecular weight is 340 g/mol. The Morgan fingerprint density at radius 3 is 2.79 bits per heavy atom. The molecule has 3 rings (SSSR count). The van der Waals surface area contributed by atoms with E-state index >= 15 is 0 Å². The van der Waals surface area contributed by atoms with Crippen LogP contribution in [0.3, 0.4) is 0 Å². The number of methoxy groups -OCH3 is 1. The number of carbonyl (C=O) groups is 1. The molecule has 0 bridgehead atoms. The Kier molecular flexibility index (Phi) is 4.48. The number of ether oxygens (including phenoxy) is 1. The lowest BCUT2D eigenvalue weighted by Gasteiger charge is -2.06. The van der Waals surface area contributed by atoms with Crippen molar-refractivity contribution in [3.63, 3.8) is 0 Å². The van der Waals surface area contributed by atoms with Crippen LogP contribution < -0.4 is 10.1 Å². The standard InChI is InChI=1S/C18H16N2O3S/c1-11-8-12(6-7-16(11)23-2)15-10-24-18(20-15)19-14-5-3-4-13(9-14)17(21)22/h3-10H,1-2H3,(H,19,20)(H,21,22). The smallest absolute Gasteiger partial charge is 0.335 e. The third kappa shape index (κ3) is 3.38. The maximum atomic E-state index is 11.0. The van der Waals surface area contributed by atoms with Gasteiger partial charge in [0, 0.05) is 16.6 Å². The monoisotopic (exact) mass is 340 g/mol. The Balaban J connectivity index is 1.82. The Bertz CT molecular complexity index is 889. The van der Waals surface area contributed by atoms with Gasteiger partial charge in [-0.15, -0.1) is 11.3 Å². The molecule has 0 spiro atoms. The lowest BCUT2D eigenvalue weighted by molar-refractivity contribution is 0.0697. The number of thiazole rings is 1. The van der Waals surface area contributed by atoms with Crippen molar-refractivity contribution in [1.29, 1.82) is 0 Å². The molecule has 0 saturated heterocycles. The molecular weight excluding hydrogens is 324 g/mol. The summed E-state index contributed by atoms with van der Waals surface area (Å²) in [5.41, 5.74) is 3.86. The van der Waals surface area contributed by atoms with E-state index in [9.17, 15) is 4.79 Å². The van der Waals surface area contributed by atoms with Gasteiger partial charge in [-0.1, -0.05) is 6.07 Å². The number of hydrogen-bond acceptors (Lipinski definition) is 5. The summed E-state index contributed by atoms with van der Waals surface area (Å²) in [5.74, 6) is -0.106. The van der Waals surface area contributed by atoms with Crippen LogP contribution in [0.5, 0.6) is 5.75 Å². The molecule has 6 heteroatoms. The lowest BCUT2D eigenvalue weighted by atomic mass is 10.1. The first kappa shape index (κ1) is 16.0. The van der Waals surface area contributed by atoms with E-state index in [4.69, 9.17) is 9.84 Å². The van der Waals surface area contributed by atoms with Crippen molar-refractivity contribution in [2.75, 3.05) is 12.4 Å². The Labute approximate surface area is 143 Å². The van der Waals surface area contributed by atoms with E-state index in [0.29, 0.717) is 10.8 Å². The minimum absolute atomic E-state index is 0.238. The quantitative estimate of drug-likeness (QED) is 0.712. The molecule has 3 aromatic rings. The summed E-state index contributed by atoms with van der Waals surface area (Å²) in [6, 6.07) is 12.6. The Hall–Kier alpha value is -2.86. The normalized spacial score (nSPS) is 10.4. The molecular formula is C18H16N2O3S. The van der Waals surface area contributed by atoms with Crippen molar-refractivity contribution in [3.8, 4) is 17.0 Å². The van der Waals surface area contributed by atoms with Crippen LogP contribution in [0.1, 0.15) is 15.9 Å². The van der Waals surface area contributed by atoms with E-state index in [2.05, 4.69) is 10.3 Å². The number of carboxylic acid groups (broad SMARTS) is 1. The molecule has 0 amide bonds. The number of benzene rings is 2. The van der Waals surface area contributed by atoms with E-state index < -0.39 is 5.97 Å². The molecule has 2 N–H and O–H groups in total. The van der Waals surface area contributed by atoms with E-state index in [1.54, 1.807) is 25.3 Å². The second kappa shape index (κ2) is 6.72. The second-order valence-corrected chi connectivity index (χ2v) is 6.09. The SMILES string of the molecule is COc1ccc(-c2csc(Nc3cccc(C(=O)O)c3)n2)cc1C. The molecule has 0 aliphatic carbocycles. The number of aromatic nitrogens is 1. The average Bonchev–Trinajstić information content (AvgIpc) is 3.03. The molecule has 1 aromatic heterocycles. The molecule has 1 heterocycles. The summed E-state index contributed by atoms with van der Waals surface area (Å²) >= 11 is 1.47. The van der Waals surface area contributed by atoms with Crippen LogP contribution in [0.4, 0.5) is 10.8 Å². The molecule has 0 atom stereocenters. The number of hydrogen-bond donors (Lipinski definition) is 2. The van der Waals surface area contributed by atoms with Crippen LogP contribution in [0.15, 0.2) is 47.8 Å². The molecule has 5 nitrogen and oxygen atoms in total. The zero-order valence-corrected chi connectivity index (χ0v) is 14.1. The first-order chi connectivity index (χ1) is 11.6. The van der Waals surface area contributed by atoms with Crippen LogP contribution in [0.2, 0.25) is 0 Å². The molecule has 0 aliphatic rings. The zero-order valence-electron chi connectivity index (χ0n) is 13.2. The van der Waals surface area contributed by atoms with E-state index in [0.717, 1.165) is 22.6 Å². The van der Waals surface area contributed by atoms with Gasteiger partial charge >= 0.3 is 5.97 Å². The summed E-state index contributed by atoms with van der Waals surface area (Å²) in [6.45, 7) is 1.99. The largest absolute Gasteiger partial charge is 0.496 e. The zero-order chi connectivity index (χ0) is 17.1. The Morgan fingerprint density at radius 2 is 2.08 bits per heavy atom. The number of aromatic carboxylic acids is 1. The second-order valence-electron chi connectivity index (χ2n) is 5.23. The molecule has 0 aliphatic heterocycles. The van der Waals surface area contributed by atoms with Gasteiger partial charge in [-0.3, -0.25) is 0 Å². The van der Waals surface area contributed by atoms with Crippen molar-refractivity contribution in [3.05, 3.63) is 59.0 Å². The van der Waals surface area contributed by atoms with Crippen LogP contribution in [0.25, 0.3) is 11.3 Å². The first-order valence-corrected chi connectivity index (χ1v) is 8.15. The molecule has 0 radical (unpaired) electrons. The van der Waals surface area contributed by atoms with Crippen molar-refractivity contribution in [2.24, 2.45) is 0 Å². The molecule has 0 unspecified atom stereocenters. The molecule has 2 aromatic carbocycles. The molecule has 0 fully saturated rings. The summed E-state index contributed by atoms with van der Waals surface area (Å²) in [7, 11) is 1.65. The fourth-order valence-electron chi connectivity index (χ4n) is 2.35. The summed E-state index contributed by atoms with van der Waals surface area (Å²) in [4.78, 5) is 15.6. The lowest BCUT2D eigenvalue weighted by Crippen LogP contribution is -1.97. The summed E-state index contributed by atoms with van der Waals surface area (Å²) < 4.78 is 5.27. The van der Waals surface area contributed by atoms with Gasteiger partial charge in [0.05, 0.1) is 18.4 Å². The van der Waals surface area contributed by atoms with Gasteiger partial charge in [0.2, 0.25) is 0 Å². The van der Waals surface area contributed by atoms with Gasteiger partial charge in [0.25, 0.3) is 0 Å². The van der Waals surface area contributed by atoms with Gasteiger partial charge in [0.1, 0.15) is 5.75 Å². The number of carboxylic acids is 1. The van der Waals surface area contributed by atoms with E-state index in [1.165, 1.54) is 11.3 Å². The highest BCUT2D eigenvalue weighted by molar-refractivity contribution is 7.14. The summed E-state index contributed by atoms with van der Waals surface area (Å²) in [6.07, 6.45) is 0. The third-order valence-corrected chi connectivity index (χ3v) is 4.31. The van der Waals surface area contributed by atoms with E-state index in [1.807, 2.05) is 36.6 Å². The highest BCUT2D eigenvalue weighted by Gasteiger charge is 2.08. The highest BCUT2D eigenvalue weighted by atomic mass is 32.1. The number of aryl methyl sites for hydroxylation is 1. The molecule has 0 saturated carbocycles. The van der Waals surface area contributed by atoms with Gasteiger partial charge in [-0.05, 0) is 48.9 Å². The van der Waals surface area contributed by atoms with Crippen molar-refractivity contribution in [2.45, 2.75) is 6.92 Å². The van der Waals surface area contributed by atoms with Gasteiger partial charge in [0.15, 0.2) is 5.13 Å².